The monoisotopic (exact) mass is 349 g/mol. The maximum Gasteiger partial charge on any atom is 0.412 e. The molecule has 0 radical (unpaired) electrons. The fourth-order valence-corrected chi connectivity index (χ4v) is 3.39. The average molecular weight is 349 g/mol. The Morgan fingerprint density at radius 1 is 1.24 bits per heavy atom. The van der Waals surface area contributed by atoms with E-state index in [1.54, 1.807) is 0 Å². The summed E-state index contributed by atoms with van der Waals surface area (Å²) in [6, 6.07) is 7.53. The molecule has 0 aromatic heterocycles. The second kappa shape index (κ2) is 10.3. The Balaban J connectivity index is 1.92. The Kier molecular flexibility index (Phi) is 8.06. The number of carbonyl (C=O) groups is 1. The number of rotatable bonds is 8. The van der Waals surface area contributed by atoms with Crippen molar-refractivity contribution in [3.05, 3.63) is 24.3 Å². The molecule has 0 spiro atoms. The molecule has 140 valence electrons. The first-order valence-electron chi connectivity index (χ1n) is 9.58. The number of unbranched alkanes of at least 4 members (excludes halogenated alkanes) is 1. The summed E-state index contributed by atoms with van der Waals surface area (Å²) in [6.45, 7) is 3.82. The van der Waals surface area contributed by atoms with Gasteiger partial charge in [-0.2, -0.15) is 0 Å². The number of hydrogen-bond acceptors (Lipinski definition) is 3. The van der Waals surface area contributed by atoms with Crippen molar-refractivity contribution in [2.24, 2.45) is 5.92 Å². The van der Waals surface area contributed by atoms with Gasteiger partial charge in [-0.25, -0.2) is 4.79 Å². The summed E-state index contributed by atoms with van der Waals surface area (Å²) >= 11 is 0. The van der Waals surface area contributed by atoms with Gasteiger partial charge in [-0.15, -0.1) is 0 Å². The summed E-state index contributed by atoms with van der Waals surface area (Å²) < 4.78 is 11.5. The second-order valence-corrected chi connectivity index (χ2v) is 7.22. The Morgan fingerprint density at radius 2 is 2.00 bits per heavy atom. The Morgan fingerprint density at radius 3 is 2.76 bits per heavy atom. The summed E-state index contributed by atoms with van der Waals surface area (Å²) in [5.41, 5.74) is 0.675. The first-order chi connectivity index (χ1) is 12.1. The van der Waals surface area contributed by atoms with E-state index in [9.17, 15) is 4.79 Å². The lowest BCUT2D eigenvalue weighted by atomic mass is 9.86. The third kappa shape index (κ3) is 6.58. The number of nitrogens with one attached hydrogen (secondary N) is 2. The minimum atomic E-state index is -0.378. The number of carbonyl (C=O) groups excluding carboxylic acids is 1. The number of ether oxygens (including phenoxy) is 2. The molecule has 1 aliphatic carbocycles. The van der Waals surface area contributed by atoms with Crippen molar-refractivity contribution in [2.75, 3.05) is 32.6 Å². The van der Waals surface area contributed by atoms with E-state index in [-0.39, 0.29) is 12.2 Å². The maximum atomic E-state index is 12.4. The van der Waals surface area contributed by atoms with Crippen molar-refractivity contribution < 1.29 is 19.2 Å². The normalized spacial score (nSPS) is 20.3. The van der Waals surface area contributed by atoms with Crippen LogP contribution in [0.4, 0.5) is 10.5 Å². The van der Waals surface area contributed by atoms with Crippen molar-refractivity contribution >= 4 is 11.8 Å². The van der Waals surface area contributed by atoms with Crippen LogP contribution in [-0.4, -0.2) is 39.4 Å². The Bertz CT molecular complexity index is 533. The minimum absolute atomic E-state index is 0.0109. The molecule has 1 amide bonds. The Hall–Kier alpha value is -1.75. The zero-order chi connectivity index (χ0) is 18.1. The molecular weight excluding hydrogens is 316 g/mol. The van der Waals surface area contributed by atoms with Crippen LogP contribution in [0.25, 0.3) is 0 Å². The highest BCUT2D eigenvalue weighted by Gasteiger charge is 2.30. The van der Waals surface area contributed by atoms with Crippen LogP contribution in [0.1, 0.15) is 45.4 Å². The zero-order valence-electron chi connectivity index (χ0n) is 15.8. The van der Waals surface area contributed by atoms with E-state index < -0.39 is 0 Å². The highest BCUT2D eigenvalue weighted by molar-refractivity contribution is 5.86. The van der Waals surface area contributed by atoms with E-state index in [1.807, 2.05) is 24.3 Å². The van der Waals surface area contributed by atoms with Gasteiger partial charge in [0.25, 0.3) is 0 Å². The maximum absolute atomic E-state index is 12.4. The van der Waals surface area contributed by atoms with Gasteiger partial charge in [0.05, 0.1) is 32.9 Å². The highest BCUT2D eigenvalue weighted by atomic mass is 16.6. The highest BCUT2D eigenvalue weighted by Crippen LogP contribution is 2.28. The van der Waals surface area contributed by atoms with Crippen LogP contribution in [0.15, 0.2) is 24.3 Å². The van der Waals surface area contributed by atoms with Crippen LogP contribution >= 0.6 is 0 Å². The number of benzene rings is 1. The molecule has 2 rings (SSSR count). The zero-order valence-corrected chi connectivity index (χ0v) is 15.8. The van der Waals surface area contributed by atoms with E-state index in [2.05, 4.69) is 26.3 Å². The smallest absolute Gasteiger partial charge is 0.412 e. The van der Waals surface area contributed by atoms with Crippen LogP contribution < -0.4 is 15.0 Å². The van der Waals surface area contributed by atoms with Crippen LogP contribution in [0.3, 0.4) is 0 Å². The van der Waals surface area contributed by atoms with Gasteiger partial charge in [-0.3, -0.25) is 5.32 Å². The number of hydrogen-bond donors (Lipinski definition) is 2. The fourth-order valence-electron chi connectivity index (χ4n) is 3.39. The van der Waals surface area contributed by atoms with Crippen molar-refractivity contribution in [1.82, 2.24) is 0 Å². The molecular formula is C20H33N2O3+. The predicted molar refractivity (Wildman–Crippen MR) is 100 cm³/mol. The number of quaternary nitrogens is 1. The molecule has 25 heavy (non-hydrogen) atoms. The molecule has 2 N–H and O–H groups in total. The molecule has 2 atom stereocenters. The molecule has 0 heterocycles. The largest absolute Gasteiger partial charge is 0.491 e. The molecule has 0 bridgehead atoms. The van der Waals surface area contributed by atoms with Crippen molar-refractivity contribution in [3.63, 3.8) is 0 Å². The van der Waals surface area contributed by atoms with Gasteiger partial charge >= 0.3 is 6.09 Å². The number of para-hydroxylation sites is 2. The lowest BCUT2D eigenvalue weighted by Gasteiger charge is -2.31. The third-order valence-electron chi connectivity index (χ3n) is 4.65. The molecule has 1 aromatic carbocycles. The van der Waals surface area contributed by atoms with Gasteiger partial charge in [0.15, 0.2) is 0 Å². The van der Waals surface area contributed by atoms with Crippen molar-refractivity contribution in [1.29, 1.82) is 0 Å². The van der Waals surface area contributed by atoms with Gasteiger partial charge < -0.3 is 14.4 Å². The summed E-state index contributed by atoms with van der Waals surface area (Å²) in [5, 5.41) is 2.87. The summed E-state index contributed by atoms with van der Waals surface area (Å²) in [6.07, 6.45) is 6.17. The Labute approximate surface area is 151 Å². The lowest BCUT2D eigenvalue weighted by molar-refractivity contribution is -0.862. The van der Waals surface area contributed by atoms with E-state index in [1.165, 1.54) is 11.3 Å². The van der Waals surface area contributed by atoms with E-state index in [4.69, 9.17) is 9.47 Å². The quantitative estimate of drug-likeness (QED) is 0.709. The van der Waals surface area contributed by atoms with E-state index >= 15 is 0 Å². The first-order valence-corrected chi connectivity index (χ1v) is 9.58. The minimum Gasteiger partial charge on any atom is -0.491 e. The lowest BCUT2D eigenvalue weighted by Crippen LogP contribution is -3.06. The van der Waals surface area contributed by atoms with E-state index in [0.29, 0.717) is 24.0 Å². The van der Waals surface area contributed by atoms with Crippen LogP contribution in [0.2, 0.25) is 0 Å². The molecule has 0 saturated heterocycles. The molecule has 0 unspecified atom stereocenters. The predicted octanol–water partition coefficient (Wildman–Crippen LogP) is 3.12. The number of anilines is 1. The molecule has 1 aliphatic rings. The average Bonchev–Trinajstić information content (AvgIpc) is 2.58. The molecule has 1 aromatic rings. The van der Waals surface area contributed by atoms with Gasteiger partial charge in [0, 0.05) is 5.92 Å². The summed E-state index contributed by atoms with van der Waals surface area (Å²) in [5.74, 6) is 1.14. The molecule has 5 nitrogen and oxygen atoms in total. The number of amides is 1. The van der Waals surface area contributed by atoms with Crippen LogP contribution in [0.5, 0.6) is 5.75 Å². The fraction of sp³-hybridized carbons (Fsp3) is 0.650. The third-order valence-corrected chi connectivity index (χ3v) is 4.65. The SMILES string of the molecule is CCCCOc1ccccc1NC(=O)O[C@@H]1CCCC[C@@H]1C[NH+](C)C. The van der Waals surface area contributed by atoms with Gasteiger partial charge in [0.1, 0.15) is 11.9 Å². The summed E-state index contributed by atoms with van der Waals surface area (Å²) in [4.78, 5) is 13.8. The van der Waals surface area contributed by atoms with Gasteiger partial charge in [-0.05, 0) is 37.8 Å². The first kappa shape index (κ1) is 19.6. The molecule has 0 aliphatic heterocycles. The molecule has 1 fully saturated rings. The van der Waals surface area contributed by atoms with Crippen LogP contribution in [-0.2, 0) is 4.74 Å². The molecule has 5 heteroatoms. The van der Waals surface area contributed by atoms with Gasteiger partial charge in [-0.1, -0.05) is 31.9 Å². The van der Waals surface area contributed by atoms with Crippen molar-refractivity contribution in [3.8, 4) is 5.75 Å². The standard InChI is InChI=1S/C20H32N2O3/c1-4-5-14-24-19-13-9-7-11-17(19)21-20(23)25-18-12-8-6-10-16(18)15-22(2)3/h7,9,11,13,16,18H,4-6,8,10,12,14-15H2,1-3H3,(H,21,23)/p+1/t16-,18-/m1/s1. The van der Waals surface area contributed by atoms with Crippen molar-refractivity contribution in [2.45, 2.75) is 51.6 Å². The topological polar surface area (TPSA) is 52.0 Å². The van der Waals surface area contributed by atoms with Crippen LogP contribution in [0, 0.1) is 5.92 Å². The summed E-state index contributed by atoms with van der Waals surface area (Å²) in [7, 11) is 4.30. The van der Waals surface area contributed by atoms with Gasteiger partial charge in [0.2, 0.25) is 0 Å². The molecule has 1 saturated carbocycles. The van der Waals surface area contributed by atoms with E-state index in [0.717, 1.165) is 38.6 Å². The second-order valence-electron chi connectivity index (χ2n) is 7.22.